The first-order chi connectivity index (χ1) is 12.2. The van der Waals surface area contributed by atoms with Crippen LogP contribution < -0.4 is 0 Å². The molecule has 1 heteroatoms. The molecule has 120 valence electrons. The molecule has 0 aliphatic rings. The highest BCUT2D eigenvalue weighted by molar-refractivity contribution is 5.73. The molecule has 3 rings (SSSR count). The van der Waals surface area contributed by atoms with Crippen molar-refractivity contribution >= 4 is 30.0 Å². The maximum atomic E-state index is 6.97. The van der Waals surface area contributed by atoms with Crippen molar-refractivity contribution in [3.63, 3.8) is 0 Å². The molecule has 0 atom stereocenters. The summed E-state index contributed by atoms with van der Waals surface area (Å²) in [7, 11) is 0. The van der Waals surface area contributed by atoms with Gasteiger partial charge in [-0.3, -0.25) is 0 Å². The Bertz CT molecular complexity index is 919. The Morgan fingerprint density at radius 3 is 1.24 bits per heavy atom. The van der Waals surface area contributed by atoms with Crippen LogP contribution in [0, 0.1) is 13.5 Å². The van der Waals surface area contributed by atoms with Crippen molar-refractivity contribution < 1.29 is 0 Å². The van der Waals surface area contributed by atoms with Crippen LogP contribution in [-0.4, -0.2) is 0 Å². The number of aryl methyl sites for hydroxylation is 1. The van der Waals surface area contributed by atoms with E-state index in [0.717, 1.165) is 11.1 Å². The molecule has 3 aromatic carbocycles. The van der Waals surface area contributed by atoms with Gasteiger partial charge in [-0.05, 0) is 29.2 Å². The largest absolute Gasteiger partial charge is 0.238 e. The summed E-state index contributed by atoms with van der Waals surface area (Å²) in [4.78, 5) is 3.40. The third-order valence-electron chi connectivity index (χ3n) is 3.97. The van der Waals surface area contributed by atoms with Gasteiger partial charge in [-0.25, -0.2) is 4.85 Å². The molecule has 0 amide bonds. The van der Waals surface area contributed by atoms with E-state index in [4.69, 9.17) is 6.57 Å². The van der Waals surface area contributed by atoms with Gasteiger partial charge in [-0.2, -0.15) is 0 Å². The van der Waals surface area contributed by atoms with E-state index in [1.54, 1.807) is 0 Å². The molecule has 0 heterocycles. The van der Waals surface area contributed by atoms with Gasteiger partial charge in [0.1, 0.15) is 0 Å². The molecule has 0 unspecified atom stereocenters. The Labute approximate surface area is 149 Å². The maximum Gasteiger partial charge on any atom is 0.187 e. The molecule has 0 spiro atoms. The fourth-order valence-electron chi connectivity index (χ4n) is 2.44. The van der Waals surface area contributed by atoms with Crippen molar-refractivity contribution in [3.8, 4) is 0 Å². The summed E-state index contributed by atoms with van der Waals surface area (Å²) in [5.41, 5.74) is 6.58. The summed E-state index contributed by atoms with van der Waals surface area (Å²) in [5, 5.41) is 0. The van der Waals surface area contributed by atoms with Crippen LogP contribution in [0.2, 0.25) is 0 Å². The topological polar surface area (TPSA) is 4.36 Å². The molecule has 0 bridgehead atoms. The summed E-state index contributed by atoms with van der Waals surface area (Å²) >= 11 is 0. The Morgan fingerprint density at radius 1 is 0.560 bits per heavy atom. The average Bonchev–Trinajstić information content (AvgIpc) is 2.67. The van der Waals surface area contributed by atoms with Crippen molar-refractivity contribution in [1.29, 1.82) is 0 Å². The molecule has 0 fully saturated rings. The van der Waals surface area contributed by atoms with Gasteiger partial charge in [-0.1, -0.05) is 103 Å². The Balaban J connectivity index is 1.66. The van der Waals surface area contributed by atoms with Crippen LogP contribution in [0.15, 0.2) is 72.8 Å². The lowest BCUT2D eigenvalue weighted by Crippen LogP contribution is -1.76. The minimum atomic E-state index is 0.668. The molecule has 25 heavy (non-hydrogen) atoms. The molecular formula is C24H19N. The maximum absolute atomic E-state index is 6.97. The predicted octanol–water partition coefficient (Wildman–Crippen LogP) is 6.89. The van der Waals surface area contributed by atoms with Crippen molar-refractivity contribution in [3.05, 3.63) is 112 Å². The molecule has 0 aromatic heterocycles. The first kappa shape index (κ1) is 16.5. The minimum absolute atomic E-state index is 0.668. The van der Waals surface area contributed by atoms with E-state index in [-0.39, 0.29) is 0 Å². The van der Waals surface area contributed by atoms with E-state index < -0.39 is 0 Å². The van der Waals surface area contributed by atoms with Gasteiger partial charge in [0.25, 0.3) is 0 Å². The van der Waals surface area contributed by atoms with E-state index in [0.29, 0.717) is 5.69 Å². The Morgan fingerprint density at radius 2 is 0.880 bits per heavy atom. The monoisotopic (exact) mass is 321 g/mol. The van der Waals surface area contributed by atoms with Gasteiger partial charge in [0, 0.05) is 0 Å². The lowest BCUT2D eigenvalue weighted by molar-refractivity contribution is 1.46. The third-order valence-corrected chi connectivity index (χ3v) is 3.97. The second-order valence-corrected chi connectivity index (χ2v) is 5.95. The number of rotatable bonds is 4. The van der Waals surface area contributed by atoms with E-state index >= 15 is 0 Å². The zero-order chi connectivity index (χ0) is 17.5. The van der Waals surface area contributed by atoms with Crippen molar-refractivity contribution in [2.75, 3.05) is 0 Å². The third kappa shape index (κ3) is 4.80. The van der Waals surface area contributed by atoms with Crippen molar-refractivity contribution in [2.45, 2.75) is 6.92 Å². The van der Waals surface area contributed by atoms with E-state index in [9.17, 15) is 0 Å². The lowest BCUT2D eigenvalue weighted by Gasteiger charge is -1.98. The zero-order valence-electron chi connectivity index (χ0n) is 14.2. The first-order valence-corrected chi connectivity index (χ1v) is 8.23. The summed E-state index contributed by atoms with van der Waals surface area (Å²) in [6.07, 6.45) is 8.40. The molecule has 0 aliphatic heterocycles. The second kappa shape index (κ2) is 7.95. The fraction of sp³-hybridized carbons (Fsp3) is 0.0417. The van der Waals surface area contributed by atoms with Gasteiger partial charge < -0.3 is 0 Å². The molecule has 0 saturated carbocycles. The number of hydrogen-bond acceptors (Lipinski definition) is 0. The number of nitrogens with zero attached hydrogens (tertiary/aromatic N) is 1. The Kier molecular flexibility index (Phi) is 5.24. The molecule has 1 nitrogen and oxygen atoms in total. The zero-order valence-corrected chi connectivity index (χ0v) is 14.2. The quantitative estimate of drug-likeness (QED) is 0.364. The van der Waals surface area contributed by atoms with Crippen LogP contribution in [0.3, 0.4) is 0 Å². The van der Waals surface area contributed by atoms with E-state index in [1.165, 1.54) is 16.7 Å². The van der Waals surface area contributed by atoms with Crippen LogP contribution in [0.25, 0.3) is 29.1 Å². The van der Waals surface area contributed by atoms with Gasteiger partial charge in [0.05, 0.1) is 6.57 Å². The van der Waals surface area contributed by atoms with Gasteiger partial charge in [0.2, 0.25) is 0 Å². The number of hydrogen-bond donors (Lipinski definition) is 0. The van der Waals surface area contributed by atoms with Crippen molar-refractivity contribution in [1.82, 2.24) is 0 Å². The molecule has 0 aliphatic carbocycles. The summed E-state index contributed by atoms with van der Waals surface area (Å²) in [6, 6.07) is 24.6. The summed E-state index contributed by atoms with van der Waals surface area (Å²) in [6.45, 7) is 9.07. The van der Waals surface area contributed by atoms with E-state index in [1.807, 2.05) is 24.3 Å². The molecule has 3 aromatic rings. The summed E-state index contributed by atoms with van der Waals surface area (Å²) < 4.78 is 0. The second-order valence-electron chi connectivity index (χ2n) is 5.95. The standard InChI is InChI=1S/C24H19N/c1-19-3-5-20(6-4-19)7-8-21-9-11-22(12-10-21)13-14-23-15-17-24(25-2)18-16-23/h3-18H,1H3/b8-7+,14-13+. The van der Waals surface area contributed by atoms with Crippen LogP contribution in [-0.2, 0) is 0 Å². The molecular weight excluding hydrogens is 302 g/mol. The van der Waals surface area contributed by atoms with E-state index in [2.05, 4.69) is 84.6 Å². The van der Waals surface area contributed by atoms with Gasteiger partial charge in [0.15, 0.2) is 5.69 Å². The van der Waals surface area contributed by atoms with Crippen molar-refractivity contribution in [2.24, 2.45) is 0 Å². The first-order valence-electron chi connectivity index (χ1n) is 8.23. The van der Waals surface area contributed by atoms with Crippen LogP contribution >= 0.6 is 0 Å². The SMILES string of the molecule is [C-]#[N+]c1ccc(/C=C/c2ccc(/C=C/c3ccc(C)cc3)cc2)cc1. The normalized spacial score (nSPS) is 11.0. The minimum Gasteiger partial charge on any atom is -0.238 e. The molecule has 0 N–H and O–H groups in total. The molecule has 0 saturated heterocycles. The van der Waals surface area contributed by atoms with Crippen LogP contribution in [0.1, 0.15) is 27.8 Å². The predicted molar refractivity (Wildman–Crippen MR) is 108 cm³/mol. The van der Waals surface area contributed by atoms with Gasteiger partial charge >= 0.3 is 0 Å². The average molecular weight is 321 g/mol. The number of benzene rings is 3. The summed E-state index contributed by atoms with van der Waals surface area (Å²) in [5.74, 6) is 0. The highest BCUT2D eigenvalue weighted by atomic mass is 14.6. The molecule has 0 radical (unpaired) electrons. The smallest absolute Gasteiger partial charge is 0.187 e. The lowest BCUT2D eigenvalue weighted by atomic mass is 10.1. The highest BCUT2D eigenvalue weighted by Gasteiger charge is 1.92. The van der Waals surface area contributed by atoms with Gasteiger partial charge in [-0.15, -0.1) is 0 Å². The fourth-order valence-corrected chi connectivity index (χ4v) is 2.44. The van der Waals surface area contributed by atoms with Crippen LogP contribution in [0.4, 0.5) is 5.69 Å². The van der Waals surface area contributed by atoms with Crippen LogP contribution in [0.5, 0.6) is 0 Å². The Hall–Kier alpha value is -3.37. The highest BCUT2D eigenvalue weighted by Crippen LogP contribution is 2.16.